The predicted octanol–water partition coefficient (Wildman–Crippen LogP) is 5.45. The molecule has 6 nitrogen and oxygen atoms in total. The van der Waals surface area contributed by atoms with Gasteiger partial charge in [-0.1, -0.05) is 91.0 Å². The van der Waals surface area contributed by atoms with Crippen molar-refractivity contribution in [1.82, 2.24) is 20.4 Å². The highest BCUT2D eigenvalue weighted by atomic mass is 16.2. The quantitative estimate of drug-likeness (QED) is 0.250. The minimum absolute atomic E-state index is 0.0132. The van der Waals surface area contributed by atoms with Crippen LogP contribution in [0.3, 0.4) is 0 Å². The first-order valence-corrected chi connectivity index (χ1v) is 15.8. The molecule has 0 radical (unpaired) electrons. The van der Waals surface area contributed by atoms with Crippen molar-refractivity contribution in [3.05, 3.63) is 120 Å². The molecule has 2 N–H and O–H groups in total. The average Bonchev–Trinajstić information content (AvgIpc) is 3.18. The number of rotatable bonds is 11. The summed E-state index contributed by atoms with van der Waals surface area (Å²) in [5.74, 6) is 0.184. The number of fused-ring (bicyclic) bond motifs is 1. The third-order valence-electron chi connectivity index (χ3n) is 9.04. The summed E-state index contributed by atoms with van der Waals surface area (Å²) >= 11 is 0. The van der Waals surface area contributed by atoms with Crippen LogP contribution in [0.1, 0.15) is 53.1 Å². The van der Waals surface area contributed by atoms with Crippen LogP contribution < -0.4 is 10.6 Å². The number of nitrogens with zero attached hydrogens (tertiary/aromatic N) is 2. The molecular weight excluding hydrogens is 532 g/mol. The summed E-state index contributed by atoms with van der Waals surface area (Å²) in [7, 11) is 0. The average molecular weight is 575 g/mol. The first-order valence-electron chi connectivity index (χ1n) is 15.8. The van der Waals surface area contributed by atoms with Crippen molar-refractivity contribution >= 4 is 22.6 Å². The van der Waals surface area contributed by atoms with E-state index in [1.807, 2.05) is 48.5 Å². The van der Waals surface area contributed by atoms with Crippen molar-refractivity contribution in [3.8, 4) is 0 Å². The monoisotopic (exact) mass is 574 g/mol. The molecule has 0 spiro atoms. The molecule has 0 saturated carbocycles. The topological polar surface area (TPSA) is 64.7 Å². The molecule has 0 aromatic heterocycles. The van der Waals surface area contributed by atoms with Crippen LogP contribution in [0.5, 0.6) is 0 Å². The van der Waals surface area contributed by atoms with Crippen molar-refractivity contribution in [1.29, 1.82) is 0 Å². The smallest absolute Gasteiger partial charge is 0.251 e. The number of likely N-dealkylation sites (tertiary alicyclic amines) is 1. The van der Waals surface area contributed by atoms with Gasteiger partial charge in [-0.05, 0) is 79.3 Å². The number of benzene rings is 4. The number of nitrogens with one attached hydrogen (secondary N) is 2. The molecule has 2 fully saturated rings. The van der Waals surface area contributed by atoms with Crippen LogP contribution in [-0.4, -0.2) is 73.0 Å². The summed E-state index contributed by atoms with van der Waals surface area (Å²) in [6.07, 6.45) is 3.83. The van der Waals surface area contributed by atoms with Gasteiger partial charge in [0.1, 0.15) is 0 Å². The van der Waals surface area contributed by atoms with Gasteiger partial charge in [0.25, 0.3) is 5.91 Å². The molecule has 0 unspecified atom stereocenters. The lowest BCUT2D eigenvalue weighted by Crippen LogP contribution is -2.49. The molecule has 0 bridgehead atoms. The first kappa shape index (κ1) is 29.1. The Labute approximate surface area is 255 Å². The highest BCUT2D eigenvalue weighted by Gasteiger charge is 2.33. The fourth-order valence-electron chi connectivity index (χ4n) is 6.40. The molecule has 0 aliphatic carbocycles. The van der Waals surface area contributed by atoms with Gasteiger partial charge in [0.2, 0.25) is 5.91 Å². The van der Waals surface area contributed by atoms with Gasteiger partial charge < -0.3 is 20.4 Å². The van der Waals surface area contributed by atoms with E-state index in [0.717, 1.165) is 49.7 Å². The molecule has 2 amide bonds. The van der Waals surface area contributed by atoms with E-state index >= 15 is 0 Å². The Kier molecular flexibility index (Phi) is 9.46. The zero-order valence-electron chi connectivity index (χ0n) is 24.8. The van der Waals surface area contributed by atoms with Gasteiger partial charge in [0.05, 0.1) is 6.04 Å². The Morgan fingerprint density at radius 1 is 0.837 bits per heavy atom. The Hall–Kier alpha value is -4.00. The van der Waals surface area contributed by atoms with Crippen LogP contribution in [0.4, 0.5) is 0 Å². The number of carbonyl (C=O) groups excluding carboxylic acids is 2. The molecule has 6 rings (SSSR count). The van der Waals surface area contributed by atoms with E-state index in [1.165, 1.54) is 17.5 Å². The normalized spacial score (nSPS) is 19.3. The van der Waals surface area contributed by atoms with Crippen molar-refractivity contribution in [2.24, 2.45) is 0 Å². The third-order valence-corrected chi connectivity index (χ3v) is 9.04. The van der Waals surface area contributed by atoms with E-state index in [9.17, 15) is 9.59 Å². The van der Waals surface area contributed by atoms with Crippen LogP contribution in [0, 0.1) is 0 Å². The summed E-state index contributed by atoms with van der Waals surface area (Å²) in [4.78, 5) is 31.8. The fraction of sp³-hybridized carbons (Fsp3) is 0.351. The lowest BCUT2D eigenvalue weighted by Gasteiger charge is -2.32. The number of carbonyl (C=O) groups is 2. The molecule has 2 aliphatic heterocycles. The van der Waals surface area contributed by atoms with Crippen molar-refractivity contribution in [2.75, 3.05) is 39.3 Å². The Bertz CT molecular complexity index is 1470. The van der Waals surface area contributed by atoms with Crippen LogP contribution in [-0.2, 0) is 4.79 Å². The van der Waals surface area contributed by atoms with Gasteiger partial charge in [0, 0.05) is 37.2 Å². The molecular formula is C37H42N4O2. The predicted molar refractivity (Wildman–Crippen MR) is 173 cm³/mol. The van der Waals surface area contributed by atoms with Crippen molar-refractivity contribution in [2.45, 2.75) is 43.7 Å². The van der Waals surface area contributed by atoms with Crippen LogP contribution in [0.2, 0.25) is 0 Å². The zero-order valence-corrected chi connectivity index (χ0v) is 24.8. The van der Waals surface area contributed by atoms with E-state index in [1.54, 1.807) is 0 Å². The second kappa shape index (κ2) is 14.0. The minimum Gasteiger partial charge on any atom is -0.350 e. The van der Waals surface area contributed by atoms with Crippen LogP contribution in [0.15, 0.2) is 103 Å². The summed E-state index contributed by atoms with van der Waals surface area (Å²) in [5, 5.41) is 9.00. The van der Waals surface area contributed by atoms with Crippen molar-refractivity contribution in [3.63, 3.8) is 0 Å². The summed E-state index contributed by atoms with van der Waals surface area (Å²) in [6, 6.07) is 34.7. The molecule has 222 valence electrons. The zero-order chi connectivity index (χ0) is 29.4. The van der Waals surface area contributed by atoms with Gasteiger partial charge in [0.15, 0.2) is 0 Å². The molecule has 2 atom stereocenters. The minimum atomic E-state index is -0.265. The summed E-state index contributed by atoms with van der Waals surface area (Å²) in [6.45, 7) is 5.13. The second-order valence-electron chi connectivity index (χ2n) is 12.0. The molecule has 4 aromatic carbocycles. The molecule has 2 saturated heterocycles. The molecule has 2 aliphatic rings. The molecule has 4 aromatic rings. The number of hydrogen-bond acceptors (Lipinski definition) is 4. The van der Waals surface area contributed by atoms with Crippen LogP contribution in [0.25, 0.3) is 10.8 Å². The van der Waals surface area contributed by atoms with E-state index in [4.69, 9.17) is 0 Å². The highest BCUT2D eigenvalue weighted by molar-refractivity contribution is 5.98. The highest BCUT2D eigenvalue weighted by Crippen LogP contribution is 2.27. The summed E-state index contributed by atoms with van der Waals surface area (Å²) in [5.41, 5.74) is 3.09. The summed E-state index contributed by atoms with van der Waals surface area (Å²) < 4.78 is 0. The molecule has 2 heterocycles. The maximum Gasteiger partial charge on any atom is 0.251 e. The lowest BCUT2D eigenvalue weighted by molar-refractivity contribution is -0.133. The van der Waals surface area contributed by atoms with E-state index in [-0.39, 0.29) is 29.8 Å². The Morgan fingerprint density at radius 3 is 2.19 bits per heavy atom. The lowest BCUT2D eigenvalue weighted by atomic mass is 9.90. The standard InChI is InChI=1S/C37H42N4O2/c42-36(32-19-18-28-11-7-8-16-31(28)25-32)38-26-33-20-24-41(37(43)35(39-33)17-9-21-40-22-10-23-40)27-34(29-12-3-1-4-13-29)30-14-5-2-6-15-30/h1-8,11-16,18-19,25,33-35,39H,9-10,17,20-24,26-27H2,(H,38,42)/t33-,35-/m1/s1. The maximum atomic E-state index is 14.1. The largest absolute Gasteiger partial charge is 0.350 e. The van der Waals surface area contributed by atoms with Gasteiger partial charge in [-0.2, -0.15) is 0 Å². The van der Waals surface area contributed by atoms with E-state index in [2.05, 4.69) is 75.0 Å². The fourth-order valence-corrected chi connectivity index (χ4v) is 6.40. The van der Waals surface area contributed by atoms with Gasteiger partial charge in [-0.15, -0.1) is 0 Å². The Morgan fingerprint density at radius 2 is 1.51 bits per heavy atom. The first-order chi connectivity index (χ1) is 21.1. The molecule has 6 heteroatoms. The van der Waals surface area contributed by atoms with E-state index in [0.29, 0.717) is 25.2 Å². The number of hydrogen-bond donors (Lipinski definition) is 2. The molecule has 43 heavy (non-hydrogen) atoms. The third kappa shape index (κ3) is 7.32. The SMILES string of the molecule is O=C(NC[C@H]1CCN(CC(c2ccccc2)c2ccccc2)C(=O)[C@@H](CCCN2CCC2)N1)c1ccc2ccccc2c1. The number of amides is 2. The Balaban J connectivity index is 1.16. The van der Waals surface area contributed by atoms with Crippen LogP contribution >= 0.6 is 0 Å². The van der Waals surface area contributed by atoms with Crippen molar-refractivity contribution < 1.29 is 9.59 Å². The van der Waals surface area contributed by atoms with Gasteiger partial charge in [-0.3, -0.25) is 9.59 Å². The van der Waals surface area contributed by atoms with Gasteiger partial charge in [-0.25, -0.2) is 0 Å². The second-order valence-corrected chi connectivity index (χ2v) is 12.0. The maximum absolute atomic E-state index is 14.1. The van der Waals surface area contributed by atoms with Gasteiger partial charge >= 0.3 is 0 Å². The van der Waals surface area contributed by atoms with E-state index < -0.39 is 0 Å².